The lowest BCUT2D eigenvalue weighted by atomic mass is 9.82. The molecule has 0 unspecified atom stereocenters. The van der Waals surface area contributed by atoms with Gasteiger partial charge in [-0.2, -0.15) is 0 Å². The second-order valence-corrected chi connectivity index (χ2v) is 9.89. The van der Waals surface area contributed by atoms with Gasteiger partial charge < -0.3 is 9.73 Å². The molecule has 0 radical (unpaired) electrons. The van der Waals surface area contributed by atoms with Crippen LogP contribution in [0, 0.1) is 0 Å². The van der Waals surface area contributed by atoms with Gasteiger partial charge in [0, 0.05) is 27.4 Å². The minimum absolute atomic E-state index is 0.0410. The molecule has 0 saturated carbocycles. The third-order valence-electron chi connectivity index (χ3n) is 7.48. The molecular formula is C33H25NO. The van der Waals surface area contributed by atoms with E-state index in [1.165, 1.54) is 33.4 Å². The monoisotopic (exact) mass is 451 g/mol. The van der Waals surface area contributed by atoms with Crippen LogP contribution in [-0.4, -0.2) is 0 Å². The van der Waals surface area contributed by atoms with Crippen molar-refractivity contribution in [2.75, 3.05) is 5.32 Å². The van der Waals surface area contributed by atoms with E-state index in [0.717, 1.165) is 33.3 Å². The summed E-state index contributed by atoms with van der Waals surface area (Å²) in [6.07, 6.45) is 0. The van der Waals surface area contributed by atoms with E-state index in [0.29, 0.717) is 0 Å². The molecule has 0 saturated heterocycles. The Labute approximate surface area is 204 Å². The van der Waals surface area contributed by atoms with E-state index in [1.54, 1.807) is 0 Å². The van der Waals surface area contributed by atoms with Crippen molar-refractivity contribution in [3.63, 3.8) is 0 Å². The van der Waals surface area contributed by atoms with Crippen molar-refractivity contribution in [3.8, 4) is 22.3 Å². The van der Waals surface area contributed by atoms with Crippen molar-refractivity contribution >= 4 is 33.3 Å². The topological polar surface area (TPSA) is 25.2 Å². The van der Waals surface area contributed by atoms with Gasteiger partial charge in [0.25, 0.3) is 0 Å². The summed E-state index contributed by atoms with van der Waals surface area (Å²) in [5.41, 5.74) is 11.5. The van der Waals surface area contributed by atoms with Crippen molar-refractivity contribution in [2.45, 2.75) is 19.3 Å². The highest BCUT2D eigenvalue weighted by Gasteiger charge is 2.37. The summed E-state index contributed by atoms with van der Waals surface area (Å²) >= 11 is 0. The number of benzene rings is 5. The first kappa shape index (κ1) is 20.1. The highest BCUT2D eigenvalue weighted by molar-refractivity contribution is 6.14. The third-order valence-corrected chi connectivity index (χ3v) is 7.48. The standard InChI is InChI=1S/C33H25NO/c1-33(2)27-13-7-6-11-26(27)30-28(33)20-19-25-24-12-8-14-29(31(24)35-32(25)30)34-23-17-15-22(16-18-23)21-9-4-3-5-10-21/h3-20,34H,1-2H3. The highest BCUT2D eigenvalue weighted by atomic mass is 16.3. The van der Waals surface area contributed by atoms with Gasteiger partial charge in [0.15, 0.2) is 5.58 Å². The molecule has 1 heterocycles. The molecule has 0 spiro atoms. The van der Waals surface area contributed by atoms with Crippen molar-refractivity contribution in [3.05, 3.63) is 120 Å². The van der Waals surface area contributed by atoms with Crippen LogP contribution in [0.1, 0.15) is 25.0 Å². The van der Waals surface area contributed by atoms with Crippen LogP contribution < -0.4 is 5.32 Å². The lowest BCUT2D eigenvalue weighted by Crippen LogP contribution is -2.14. The molecule has 0 fully saturated rings. The Morgan fingerprint density at radius 1 is 0.571 bits per heavy atom. The molecule has 1 aliphatic rings. The fraction of sp³-hybridized carbons (Fsp3) is 0.0909. The second kappa shape index (κ2) is 7.35. The van der Waals surface area contributed by atoms with Crippen molar-refractivity contribution in [2.24, 2.45) is 0 Å². The number of hydrogen-bond acceptors (Lipinski definition) is 2. The molecule has 1 aliphatic carbocycles. The van der Waals surface area contributed by atoms with Gasteiger partial charge in [0.2, 0.25) is 0 Å². The molecule has 7 rings (SSSR count). The maximum Gasteiger partial charge on any atom is 0.158 e. The van der Waals surface area contributed by atoms with Crippen molar-refractivity contribution in [1.82, 2.24) is 0 Å². The fourth-order valence-corrected chi connectivity index (χ4v) is 5.67. The van der Waals surface area contributed by atoms with Gasteiger partial charge in [0.05, 0.1) is 5.69 Å². The SMILES string of the molecule is CC1(C)c2ccccc2-c2c1ccc1c2oc2c(Nc3ccc(-c4ccccc4)cc3)cccc21. The van der Waals surface area contributed by atoms with Crippen LogP contribution in [0.2, 0.25) is 0 Å². The van der Waals surface area contributed by atoms with E-state index in [4.69, 9.17) is 4.42 Å². The van der Waals surface area contributed by atoms with Gasteiger partial charge in [-0.1, -0.05) is 105 Å². The predicted octanol–water partition coefficient (Wildman–Crippen LogP) is 9.30. The minimum atomic E-state index is -0.0410. The quantitative estimate of drug-likeness (QED) is 0.290. The maximum absolute atomic E-state index is 6.68. The van der Waals surface area contributed by atoms with Crippen LogP contribution in [0.15, 0.2) is 114 Å². The molecule has 1 N–H and O–H groups in total. The first-order chi connectivity index (χ1) is 17.1. The lowest BCUT2D eigenvalue weighted by Gasteiger charge is -2.21. The Balaban J connectivity index is 1.35. The van der Waals surface area contributed by atoms with E-state index < -0.39 is 0 Å². The van der Waals surface area contributed by atoms with Crippen LogP contribution >= 0.6 is 0 Å². The molecule has 0 bridgehead atoms. The second-order valence-electron chi connectivity index (χ2n) is 9.89. The molecule has 2 nitrogen and oxygen atoms in total. The zero-order chi connectivity index (χ0) is 23.6. The van der Waals surface area contributed by atoms with Gasteiger partial charge in [-0.05, 0) is 46.0 Å². The van der Waals surface area contributed by atoms with Gasteiger partial charge >= 0.3 is 0 Å². The van der Waals surface area contributed by atoms with Crippen LogP contribution in [0.3, 0.4) is 0 Å². The number of anilines is 2. The maximum atomic E-state index is 6.68. The summed E-state index contributed by atoms with van der Waals surface area (Å²) in [7, 11) is 0. The van der Waals surface area contributed by atoms with Crippen LogP contribution in [0.5, 0.6) is 0 Å². The molecule has 5 aromatic carbocycles. The van der Waals surface area contributed by atoms with Crippen LogP contribution in [-0.2, 0) is 5.41 Å². The van der Waals surface area contributed by atoms with E-state index in [9.17, 15) is 0 Å². The van der Waals surface area contributed by atoms with E-state index in [1.807, 2.05) is 6.07 Å². The average molecular weight is 452 g/mol. The predicted molar refractivity (Wildman–Crippen MR) is 146 cm³/mol. The number of nitrogens with one attached hydrogen (secondary N) is 1. The smallest absolute Gasteiger partial charge is 0.158 e. The van der Waals surface area contributed by atoms with Gasteiger partial charge in [-0.25, -0.2) is 0 Å². The Bertz CT molecular complexity index is 1720. The molecule has 35 heavy (non-hydrogen) atoms. The number of para-hydroxylation sites is 1. The van der Waals surface area contributed by atoms with E-state index in [-0.39, 0.29) is 5.41 Å². The molecule has 2 heteroatoms. The largest absolute Gasteiger partial charge is 0.453 e. The van der Waals surface area contributed by atoms with Crippen molar-refractivity contribution in [1.29, 1.82) is 0 Å². The van der Waals surface area contributed by atoms with E-state index in [2.05, 4.69) is 122 Å². The summed E-state index contributed by atoms with van der Waals surface area (Å²) in [6, 6.07) is 38.6. The summed E-state index contributed by atoms with van der Waals surface area (Å²) in [6.45, 7) is 4.61. The number of furan rings is 1. The summed E-state index contributed by atoms with van der Waals surface area (Å²) in [5.74, 6) is 0. The fourth-order valence-electron chi connectivity index (χ4n) is 5.67. The highest BCUT2D eigenvalue weighted by Crippen LogP contribution is 2.52. The zero-order valence-electron chi connectivity index (χ0n) is 19.8. The molecule has 168 valence electrons. The zero-order valence-corrected chi connectivity index (χ0v) is 19.8. The molecule has 0 amide bonds. The van der Waals surface area contributed by atoms with Crippen LogP contribution in [0.4, 0.5) is 11.4 Å². The summed E-state index contributed by atoms with van der Waals surface area (Å²) in [5, 5.41) is 5.89. The first-order valence-electron chi connectivity index (χ1n) is 12.1. The Morgan fingerprint density at radius 3 is 2.11 bits per heavy atom. The number of fused-ring (bicyclic) bond motifs is 7. The Kier molecular flexibility index (Phi) is 4.22. The van der Waals surface area contributed by atoms with Crippen LogP contribution in [0.25, 0.3) is 44.2 Å². The van der Waals surface area contributed by atoms with Gasteiger partial charge in [0.1, 0.15) is 5.58 Å². The van der Waals surface area contributed by atoms with Gasteiger partial charge in [-0.3, -0.25) is 0 Å². The summed E-state index contributed by atoms with van der Waals surface area (Å²) in [4.78, 5) is 0. The average Bonchev–Trinajstić information content (AvgIpc) is 3.39. The summed E-state index contributed by atoms with van der Waals surface area (Å²) < 4.78 is 6.68. The minimum Gasteiger partial charge on any atom is -0.453 e. The Morgan fingerprint density at radius 2 is 1.29 bits per heavy atom. The van der Waals surface area contributed by atoms with Gasteiger partial charge in [-0.15, -0.1) is 0 Å². The lowest BCUT2D eigenvalue weighted by molar-refractivity contribution is 0.653. The number of hydrogen-bond donors (Lipinski definition) is 1. The number of rotatable bonds is 3. The molecular weight excluding hydrogens is 426 g/mol. The molecule has 6 aromatic rings. The van der Waals surface area contributed by atoms with E-state index >= 15 is 0 Å². The molecule has 0 aliphatic heterocycles. The third kappa shape index (κ3) is 2.96. The molecule has 1 aromatic heterocycles. The van der Waals surface area contributed by atoms with Crippen molar-refractivity contribution < 1.29 is 4.42 Å². The first-order valence-corrected chi connectivity index (χ1v) is 12.1. The normalized spacial score (nSPS) is 13.7. The Hall–Kier alpha value is -4.30. The molecule has 0 atom stereocenters.